The predicted octanol–water partition coefficient (Wildman–Crippen LogP) is 2.77. The second-order valence-corrected chi connectivity index (χ2v) is 7.15. The normalized spacial score (nSPS) is 12.2. The summed E-state index contributed by atoms with van der Waals surface area (Å²) in [5.41, 5.74) is 2.08. The first-order valence-electron chi connectivity index (χ1n) is 6.41. The zero-order valence-corrected chi connectivity index (χ0v) is 13.3. The lowest BCUT2D eigenvalue weighted by Gasteiger charge is -2.19. The van der Waals surface area contributed by atoms with Crippen LogP contribution in [0.3, 0.4) is 0 Å². The van der Waals surface area contributed by atoms with Crippen LogP contribution in [0.5, 0.6) is 5.75 Å². The summed E-state index contributed by atoms with van der Waals surface area (Å²) in [4.78, 5) is 0.244. The molecule has 1 aromatic rings. The van der Waals surface area contributed by atoms with Crippen LogP contribution in [-0.2, 0) is 10.0 Å². The highest BCUT2D eigenvalue weighted by Gasteiger charge is 2.24. The van der Waals surface area contributed by atoms with Gasteiger partial charge < -0.3 is 4.74 Å². The number of sulfonamides is 1. The van der Waals surface area contributed by atoms with Crippen LogP contribution in [0.1, 0.15) is 37.8 Å². The van der Waals surface area contributed by atoms with E-state index in [4.69, 9.17) is 4.74 Å². The maximum atomic E-state index is 12.4. The third-order valence-electron chi connectivity index (χ3n) is 3.01. The van der Waals surface area contributed by atoms with Crippen molar-refractivity contribution in [3.8, 4) is 5.75 Å². The molecule has 5 heteroatoms. The number of ether oxygens (including phenoxy) is 1. The number of hydrogen-bond acceptors (Lipinski definition) is 3. The SMILES string of the molecule is CCOc1cc(C)c(C(C)C)cc1S(=O)(=O)N(C)C. The van der Waals surface area contributed by atoms with Gasteiger partial charge in [0.25, 0.3) is 0 Å². The summed E-state index contributed by atoms with van der Waals surface area (Å²) in [6.45, 7) is 8.36. The largest absolute Gasteiger partial charge is 0.492 e. The van der Waals surface area contributed by atoms with Gasteiger partial charge in [0, 0.05) is 14.1 Å². The number of rotatable bonds is 5. The van der Waals surface area contributed by atoms with Crippen molar-refractivity contribution in [2.75, 3.05) is 20.7 Å². The quantitative estimate of drug-likeness (QED) is 0.835. The Bertz CT molecular complexity index is 548. The molecular formula is C14H23NO3S. The third-order valence-corrected chi connectivity index (χ3v) is 4.85. The van der Waals surface area contributed by atoms with Gasteiger partial charge in [0.05, 0.1) is 6.61 Å². The van der Waals surface area contributed by atoms with Gasteiger partial charge in [0.1, 0.15) is 10.6 Å². The van der Waals surface area contributed by atoms with E-state index in [2.05, 4.69) is 13.8 Å². The van der Waals surface area contributed by atoms with Gasteiger partial charge in [-0.15, -0.1) is 0 Å². The van der Waals surface area contributed by atoms with E-state index in [-0.39, 0.29) is 10.8 Å². The molecule has 0 saturated carbocycles. The number of aryl methyl sites for hydroxylation is 1. The zero-order chi connectivity index (χ0) is 14.8. The number of nitrogens with zero attached hydrogens (tertiary/aromatic N) is 1. The first-order chi connectivity index (χ1) is 8.71. The molecule has 0 heterocycles. The zero-order valence-electron chi connectivity index (χ0n) is 12.5. The Morgan fingerprint density at radius 2 is 1.84 bits per heavy atom. The Morgan fingerprint density at radius 3 is 2.26 bits per heavy atom. The van der Waals surface area contributed by atoms with Crippen LogP contribution in [0.15, 0.2) is 17.0 Å². The Hall–Kier alpha value is -1.07. The minimum Gasteiger partial charge on any atom is -0.492 e. The lowest BCUT2D eigenvalue weighted by Crippen LogP contribution is -2.23. The molecule has 0 unspecified atom stereocenters. The molecule has 0 aliphatic heterocycles. The maximum absolute atomic E-state index is 12.4. The molecule has 0 saturated heterocycles. The van der Waals surface area contributed by atoms with Crippen LogP contribution in [0.25, 0.3) is 0 Å². The van der Waals surface area contributed by atoms with Gasteiger partial charge in [-0.1, -0.05) is 13.8 Å². The van der Waals surface area contributed by atoms with E-state index in [9.17, 15) is 8.42 Å². The van der Waals surface area contributed by atoms with E-state index in [0.29, 0.717) is 12.4 Å². The van der Waals surface area contributed by atoms with Crippen LogP contribution in [-0.4, -0.2) is 33.4 Å². The summed E-state index contributed by atoms with van der Waals surface area (Å²) in [5.74, 6) is 0.699. The highest BCUT2D eigenvalue weighted by molar-refractivity contribution is 7.89. The molecule has 0 fully saturated rings. The van der Waals surface area contributed by atoms with Gasteiger partial charge in [-0.05, 0) is 43.0 Å². The smallest absolute Gasteiger partial charge is 0.246 e. The van der Waals surface area contributed by atoms with Crippen molar-refractivity contribution < 1.29 is 13.2 Å². The van der Waals surface area contributed by atoms with Gasteiger partial charge in [-0.3, -0.25) is 0 Å². The van der Waals surface area contributed by atoms with Crippen LogP contribution in [0.4, 0.5) is 0 Å². The van der Waals surface area contributed by atoms with Crippen LogP contribution < -0.4 is 4.74 Å². The molecule has 19 heavy (non-hydrogen) atoms. The summed E-state index contributed by atoms with van der Waals surface area (Å²) < 4.78 is 31.4. The van der Waals surface area contributed by atoms with Crippen molar-refractivity contribution >= 4 is 10.0 Å². The lowest BCUT2D eigenvalue weighted by molar-refractivity contribution is 0.329. The van der Waals surface area contributed by atoms with Gasteiger partial charge in [0.15, 0.2) is 0 Å². The molecule has 1 aromatic carbocycles. The first kappa shape index (κ1) is 16.0. The van der Waals surface area contributed by atoms with Crippen LogP contribution in [0, 0.1) is 6.92 Å². The molecular weight excluding hydrogens is 262 g/mol. The Balaban J connectivity index is 3.55. The van der Waals surface area contributed by atoms with Crippen molar-refractivity contribution in [2.24, 2.45) is 0 Å². The third kappa shape index (κ3) is 3.28. The summed E-state index contributed by atoms with van der Waals surface area (Å²) in [7, 11) is -0.439. The van der Waals surface area contributed by atoms with Gasteiger partial charge >= 0.3 is 0 Å². The van der Waals surface area contributed by atoms with Crippen LogP contribution in [0.2, 0.25) is 0 Å². The molecule has 1 rings (SSSR count). The average Bonchev–Trinajstić information content (AvgIpc) is 2.28. The molecule has 0 aliphatic carbocycles. The van der Waals surface area contributed by atoms with Gasteiger partial charge in [-0.2, -0.15) is 0 Å². The monoisotopic (exact) mass is 285 g/mol. The summed E-state index contributed by atoms with van der Waals surface area (Å²) in [6, 6.07) is 3.55. The van der Waals surface area contributed by atoms with E-state index in [1.165, 1.54) is 18.4 Å². The van der Waals surface area contributed by atoms with Crippen molar-refractivity contribution in [2.45, 2.75) is 38.5 Å². The molecule has 0 aliphatic rings. The minimum absolute atomic E-state index is 0.244. The number of benzene rings is 1. The fourth-order valence-electron chi connectivity index (χ4n) is 1.97. The van der Waals surface area contributed by atoms with Crippen molar-refractivity contribution in [3.63, 3.8) is 0 Å². The molecule has 4 nitrogen and oxygen atoms in total. The highest BCUT2D eigenvalue weighted by atomic mass is 32.2. The Kier molecular flexibility index (Phi) is 4.98. The second kappa shape index (κ2) is 5.92. The topological polar surface area (TPSA) is 46.6 Å². The molecule has 0 atom stereocenters. The molecule has 0 bridgehead atoms. The fourth-order valence-corrected chi connectivity index (χ4v) is 3.01. The van der Waals surface area contributed by atoms with E-state index in [0.717, 1.165) is 11.1 Å². The van der Waals surface area contributed by atoms with Crippen molar-refractivity contribution in [1.29, 1.82) is 0 Å². The maximum Gasteiger partial charge on any atom is 0.246 e. The van der Waals surface area contributed by atoms with Crippen LogP contribution >= 0.6 is 0 Å². The summed E-state index contributed by atoms with van der Waals surface area (Å²) >= 11 is 0. The van der Waals surface area contributed by atoms with E-state index >= 15 is 0 Å². The predicted molar refractivity (Wildman–Crippen MR) is 77.3 cm³/mol. The van der Waals surface area contributed by atoms with Gasteiger partial charge in [-0.25, -0.2) is 12.7 Å². The molecule has 0 N–H and O–H groups in total. The summed E-state index contributed by atoms with van der Waals surface area (Å²) in [5, 5.41) is 0. The van der Waals surface area contributed by atoms with Crippen molar-refractivity contribution in [3.05, 3.63) is 23.3 Å². The molecule has 108 valence electrons. The van der Waals surface area contributed by atoms with E-state index in [1.54, 1.807) is 6.07 Å². The van der Waals surface area contributed by atoms with Gasteiger partial charge in [0.2, 0.25) is 10.0 Å². The Morgan fingerprint density at radius 1 is 1.26 bits per heavy atom. The average molecular weight is 285 g/mol. The minimum atomic E-state index is -3.49. The summed E-state index contributed by atoms with van der Waals surface area (Å²) in [6.07, 6.45) is 0. The first-order valence-corrected chi connectivity index (χ1v) is 7.85. The molecule has 0 aromatic heterocycles. The van der Waals surface area contributed by atoms with E-state index < -0.39 is 10.0 Å². The van der Waals surface area contributed by atoms with Crippen molar-refractivity contribution in [1.82, 2.24) is 4.31 Å². The Labute approximate surface area is 116 Å². The van der Waals surface area contributed by atoms with E-state index in [1.807, 2.05) is 19.9 Å². The fraction of sp³-hybridized carbons (Fsp3) is 0.571. The number of hydrogen-bond donors (Lipinski definition) is 0. The molecule has 0 radical (unpaired) electrons. The lowest BCUT2D eigenvalue weighted by atomic mass is 9.98. The molecule has 0 spiro atoms. The second-order valence-electron chi connectivity index (χ2n) is 5.03. The molecule has 0 amide bonds. The highest BCUT2D eigenvalue weighted by Crippen LogP contribution is 2.32. The standard InChI is InChI=1S/C14H23NO3S/c1-7-18-13-8-11(4)12(10(2)3)9-14(13)19(16,17)15(5)6/h8-10H,7H2,1-6H3.